The van der Waals surface area contributed by atoms with Crippen molar-refractivity contribution < 1.29 is 18.7 Å². The molecule has 196 valence electrons. The number of aryl methyl sites for hydroxylation is 1. The van der Waals surface area contributed by atoms with Crippen LogP contribution in [0.25, 0.3) is 5.69 Å². The molecule has 3 heterocycles. The Labute approximate surface area is 215 Å². The van der Waals surface area contributed by atoms with Crippen molar-refractivity contribution in [1.82, 2.24) is 19.7 Å². The van der Waals surface area contributed by atoms with Gasteiger partial charge < -0.3 is 15.7 Å². The number of amides is 1. The van der Waals surface area contributed by atoms with E-state index in [4.69, 9.17) is 10.8 Å². The number of nitrogen functional groups attached to an aromatic ring is 1. The topological polar surface area (TPSA) is 97.3 Å². The van der Waals surface area contributed by atoms with Gasteiger partial charge in [-0.1, -0.05) is 26.3 Å². The van der Waals surface area contributed by atoms with Crippen LogP contribution in [0.5, 0.6) is 5.75 Å². The van der Waals surface area contributed by atoms with Crippen LogP contribution in [0.3, 0.4) is 0 Å². The molecule has 2 aliphatic rings. The number of fused-ring (bicyclic) bond motifs is 1. The monoisotopic (exact) mass is 509 g/mol. The number of aromatic nitrogens is 3. The molecular weight excluding hydrogens is 476 g/mol. The molecule has 1 aromatic carbocycles. The van der Waals surface area contributed by atoms with Crippen molar-refractivity contribution in [3.63, 3.8) is 0 Å². The first-order valence-corrected chi connectivity index (χ1v) is 13.1. The minimum Gasteiger partial charge on any atom is -0.506 e. The summed E-state index contributed by atoms with van der Waals surface area (Å²) in [5.41, 5.74) is 10.2. The number of rotatable bonds is 6. The number of aromatic hydroxyl groups is 1. The number of nitrogens with zero attached hydrogens (tertiary/aromatic N) is 4. The average Bonchev–Trinajstić information content (AvgIpc) is 3.22. The molecule has 9 heteroatoms. The maximum absolute atomic E-state index is 14.1. The lowest BCUT2D eigenvalue weighted by molar-refractivity contribution is -0.0127. The number of anilines is 1. The number of carbonyl (C=O) groups excluding carboxylic acids is 1. The van der Waals surface area contributed by atoms with E-state index in [0.29, 0.717) is 31.0 Å². The summed E-state index contributed by atoms with van der Waals surface area (Å²) in [5, 5.41) is 15.7. The standard InChI is InChI=1S/C28H33F2N5O2/c1-4-20-25-16(3)34(27(37)19-10-12-24(32-26(19)31)28(29,30)5-2)14-13-22(25)35(33-20)21-11-9-18(15-23(21)36)17-7-6-8-17/h9-12,15-17,36H,4-8,13-14H2,1-3H3,(H2,31,32). The molecule has 1 fully saturated rings. The Morgan fingerprint density at radius 1 is 1.22 bits per heavy atom. The molecule has 5 rings (SSSR count). The molecular formula is C28H33F2N5O2. The van der Waals surface area contributed by atoms with Gasteiger partial charge in [-0.3, -0.25) is 4.79 Å². The lowest BCUT2D eigenvalue weighted by Crippen LogP contribution is -2.39. The van der Waals surface area contributed by atoms with Crippen LogP contribution >= 0.6 is 0 Å². The maximum Gasteiger partial charge on any atom is 0.289 e. The number of hydrogen-bond acceptors (Lipinski definition) is 5. The number of pyridine rings is 1. The summed E-state index contributed by atoms with van der Waals surface area (Å²) < 4.78 is 30.0. The van der Waals surface area contributed by atoms with Crippen molar-refractivity contribution in [3.8, 4) is 11.4 Å². The molecule has 0 saturated heterocycles. The zero-order valence-electron chi connectivity index (χ0n) is 21.5. The highest BCUT2D eigenvalue weighted by Crippen LogP contribution is 2.40. The van der Waals surface area contributed by atoms with Crippen molar-refractivity contribution in [2.24, 2.45) is 0 Å². The normalized spacial score (nSPS) is 18.0. The van der Waals surface area contributed by atoms with Crippen molar-refractivity contribution in [2.45, 2.75) is 77.2 Å². The molecule has 1 saturated carbocycles. The summed E-state index contributed by atoms with van der Waals surface area (Å²) in [6, 6.07) is 8.06. The molecule has 1 aliphatic heterocycles. The molecule has 1 aliphatic carbocycles. The summed E-state index contributed by atoms with van der Waals surface area (Å²) in [7, 11) is 0. The molecule has 0 radical (unpaired) electrons. The largest absolute Gasteiger partial charge is 0.506 e. The minimum atomic E-state index is -3.10. The third-order valence-electron chi connectivity index (χ3n) is 7.95. The van der Waals surface area contributed by atoms with Crippen molar-refractivity contribution >= 4 is 11.7 Å². The third-order valence-corrected chi connectivity index (χ3v) is 7.95. The fraction of sp³-hybridized carbons (Fsp3) is 0.464. The Morgan fingerprint density at radius 2 is 1.97 bits per heavy atom. The summed E-state index contributed by atoms with van der Waals surface area (Å²) in [4.78, 5) is 19.0. The molecule has 3 N–H and O–H groups in total. The minimum absolute atomic E-state index is 0.112. The second-order valence-corrected chi connectivity index (χ2v) is 10.1. The Bertz CT molecular complexity index is 1350. The van der Waals surface area contributed by atoms with E-state index in [9.17, 15) is 18.7 Å². The van der Waals surface area contributed by atoms with Crippen LogP contribution in [-0.2, 0) is 18.8 Å². The Hall–Kier alpha value is -3.49. The van der Waals surface area contributed by atoms with Crippen LogP contribution in [0.4, 0.5) is 14.6 Å². The Morgan fingerprint density at radius 3 is 2.57 bits per heavy atom. The van der Waals surface area contributed by atoms with E-state index >= 15 is 0 Å². The Kier molecular flexibility index (Phi) is 6.41. The fourth-order valence-electron chi connectivity index (χ4n) is 5.46. The molecule has 0 bridgehead atoms. The van der Waals surface area contributed by atoms with Crippen molar-refractivity contribution in [2.75, 3.05) is 12.3 Å². The van der Waals surface area contributed by atoms with Crippen LogP contribution in [0.15, 0.2) is 30.3 Å². The predicted octanol–water partition coefficient (Wildman–Crippen LogP) is 5.65. The lowest BCUT2D eigenvalue weighted by atomic mass is 9.80. The molecule has 3 aromatic rings. The summed E-state index contributed by atoms with van der Waals surface area (Å²) in [6.07, 6.45) is 4.32. The SMILES string of the molecule is CCc1nn(-c2ccc(C3CCC3)cc2O)c2c1C(C)N(C(=O)c1ccc(C(F)(F)CC)nc1N)CC2. The van der Waals surface area contributed by atoms with Crippen LogP contribution in [-0.4, -0.2) is 37.2 Å². The van der Waals surface area contributed by atoms with Gasteiger partial charge in [-0.05, 0) is 61.9 Å². The van der Waals surface area contributed by atoms with E-state index < -0.39 is 18.0 Å². The molecule has 37 heavy (non-hydrogen) atoms. The van der Waals surface area contributed by atoms with Gasteiger partial charge in [0.2, 0.25) is 0 Å². The molecule has 7 nitrogen and oxygen atoms in total. The second-order valence-electron chi connectivity index (χ2n) is 10.1. The van der Waals surface area contributed by atoms with E-state index in [2.05, 4.69) is 11.1 Å². The number of phenols is 1. The van der Waals surface area contributed by atoms with Gasteiger partial charge in [-0.15, -0.1) is 0 Å². The number of hydrogen-bond donors (Lipinski definition) is 2. The van der Waals surface area contributed by atoms with Crippen LogP contribution in [0.2, 0.25) is 0 Å². The van der Waals surface area contributed by atoms with Gasteiger partial charge >= 0.3 is 0 Å². The molecule has 1 atom stereocenters. The number of alkyl halides is 2. The average molecular weight is 510 g/mol. The highest BCUT2D eigenvalue weighted by atomic mass is 19.3. The first kappa shape index (κ1) is 25.2. The van der Waals surface area contributed by atoms with E-state index in [1.165, 1.54) is 25.5 Å². The number of benzene rings is 1. The van der Waals surface area contributed by atoms with E-state index in [-0.39, 0.29) is 29.1 Å². The summed E-state index contributed by atoms with van der Waals surface area (Å²) in [6.45, 7) is 5.71. The van der Waals surface area contributed by atoms with Gasteiger partial charge in [0, 0.05) is 24.9 Å². The fourth-order valence-corrected chi connectivity index (χ4v) is 5.46. The van der Waals surface area contributed by atoms with Gasteiger partial charge in [0.25, 0.3) is 11.8 Å². The number of halogens is 2. The van der Waals surface area contributed by atoms with E-state index in [1.807, 2.05) is 30.7 Å². The Balaban J connectivity index is 1.46. The van der Waals surface area contributed by atoms with Gasteiger partial charge in [-0.2, -0.15) is 13.9 Å². The highest BCUT2D eigenvalue weighted by Gasteiger charge is 2.36. The van der Waals surface area contributed by atoms with E-state index in [1.54, 1.807) is 4.90 Å². The summed E-state index contributed by atoms with van der Waals surface area (Å²) in [5.74, 6) is -2.93. The zero-order valence-corrected chi connectivity index (χ0v) is 21.5. The van der Waals surface area contributed by atoms with Gasteiger partial charge in [0.05, 0.1) is 23.0 Å². The molecule has 1 unspecified atom stereocenters. The predicted molar refractivity (Wildman–Crippen MR) is 137 cm³/mol. The summed E-state index contributed by atoms with van der Waals surface area (Å²) >= 11 is 0. The smallest absolute Gasteiger partial charge is 0.289 e. The van der Waals surface area contributed by atoms with Gasteiger partial charge in [0.1, 0.15) is 22.9 Å². The van der Waals surface area contributed by atoms with Crippen molar-refractivity contribution in [1.29, 1.82) is 0 Å². The molecule has 0 spiro atoms. The number of phenolic OH excluding ortho intramolecular Hbond substituents is 1. The molecule has 2 aromatic heterocycles. The number of carbonyl (C=O) groups is 1. The quantitative estimate of drug-likeness (QED) is 0.448. The third kappa shape index (κ3) is 4.24. The second kappa shape index (κ2) is 9.43. The van der Waals surface area contributed by atoms with Crippen molar-refractivity contribution in [3.05, 3.63) is 64.1 Å². The van der Waals surface area contributed by atoms with Crippen LogP contribution in [0.1, 0.15) is 97.0 Å². The van der Waals surface area contributed by atoms with E-state index in [0.717, 1.165) is 35.4 Å². The zero-order chi connectivity index (χ0) is 26.5. The van der Waals surface area contributed by atoms with Crippen LogP contribution < -0.4 is 5.73 Å². The first-order valence-electron chi connectivity index (χ1n) is 13.1. The molecule has 1 amide bonds. The highest BCUT2D eigenvalue weighted by molar-refractivity contribution is 5.98. The number of nitrogens with two attached hydrogens (primary N) is 1. The first-order chi connectivity index (χ1) is 17.7. The maximum atomic E-state index is 14.1. The van der Waals surface area contributed by atoms with Gasteiger partial charge in [-0.25, -0.2) is 9.67 Å². The van der Waals surface area contributed by atoms with Crippen LogP contribution in [0, 0.1) is 0 Å². The van der Waals surface area contributed by atoms with Gasteiger partial charge in [0.15, 0.2) is 0 Å². The lowest BCUT2D eigenvalue weighted by Gasteiger charge is -2.34.